The molecule has 0 bridgehead atoms. The molecule has 8 rings (SSSR count). The van der Waals surface area contributed by atoms with Crippen LogP contribution in [0.1, 0.15) is 60.9 Å². The summed E-state index contributed by atoms with van der Waals surface area (Å²) in [6, 6.07) is 16.5. The number of nitrogens with zero attached hydrogens (tertiary/aromatic N) is 3. The van der Waals surface area contributed by atoms with E-state index < -0.39 is 0 Å². The first kappa shape index (κ1) is 23.4. The van der Waals surface area contributed by atoms with Crippen molar-refractivity contribution >= 4 is 33.2 Å². The van der Waals surface area contributed by atoms with E-state index in [0.29, 0.717) is 0 Å². The van der Waals surface area contributed by atoms with Crippen molar-refractivity contribution in [3.8, 4) is 5.75 Å². The Labute approximate surface area is 232 Å². The number of hydrogen-bond acceptors (Lipinski definition) is 5. The van der Waals surface area contributed by atoms with Gasteiger partial charge in [0, 0.05) is 53.1 Å². The highest BCUT2D eigenvalue weighted by atomic mass is 16.5. The predicted octanol–water partition coefficient (Wildman–Crippen LogP) is 8.26. The van der Waals surface area contributed by atoms with Gasteiger partial charge in [-0.25, -0.2) is 0 Å². The first-order valence-electron chi connectivity index (χ1n) is 14.1. The Morgan fingerprint density at radius 2 is 1.75 bits per heavy atom. The van der Waals surface area contributed by atoms with Gasteiger partial charge in [-0.2, -0.15) is 0 Å². The van der Waals surface area contributed by atoms with E-state index in [0.717, 1.165) is 63.0 Å². The summed E-state index contributed by atoms with van der Waals surface area (Å²) in [7, 11) is 0. The van der Waals surface area contributed by atoms with Crippen molar-refractivity contribution in [3.05, 3.63) is 120 Å². The Morgan fingerprint density at radius 3 is 2.65 bits per heavy atom. The average molecular weight is 524 g/mol. The second-order valence-electron chi connectivity index (χ2n) is 11.3. The molecule has 4 aromatic heterocycles. The number of pyridine rings is 3. The van der Waals surface area contributed by atoms with Crippen LogP contribution in [0.4, 0.5) is 0 Å². The average Bonchev–Trinajstić information content (AvgIpc) is 3.52. The molecular weight excluding hydrogens is 494 g/mol. The van der Waals surface area contributed by atoms with Crippen LogP contribution in [-0.4, -0.2) is 20.6 Å². The number of allylic oxidation sites excluding steroid dienone is 5. The van der Waals surface area contributed by atoms with Gasteiger partial charge in [0.2, 0.25) is 0 Å². The molecular formula is C35H29N3O2. The Kier molecular flexibility index (Phi) is 5.12. The summed E-state index contributed by atoms with van der Waals surface area (Å²) in [6.07, 6.45) is 18.9. The summed E-state index contributed by atoms with van der Waals surface area (Å²) in [5.41, 5.74) is 9.09. The molecule has 4 atom stereocenters. The minimum atomic E-state index is -0.350. The van der Waals surface area contributed by atoms with Gasteiger partial charge in [0.1, 0.15) is 22.5 Å². The Balaban J connectivity index is 1.30. The first-order valence-corrected chi connectivity index (χ1v) is 14.1. The largest absolute Gasteiger partial charge is 0.480 e. The third-order valence-corrected chi connectivity index (χ3v) is 8.91. The fraction of sp³-hybridized carbons (Fsp3) is 0.229. The zero-order valence-corrected chi connectivity index (χ0v) is 22.5. The molecule has 0 spiro atoms. The number of hydrogen-bond donors (Lipinski definition) is 0. The van der Waals surface area contributed by atoms with Gasteiger partial charge < -0.3 is 9.15 Å². The van der Waals surface area contributed by atoms with Gasteiger partial charge in [-0.15, -0.1) is 0 Å². The van der Waals surface area contributed by atoms with Crippen LogP contribution in [0.5, 0.6) is 5.75 Å². The molecule has 0 fully saturated rings. The number of ether oxygens (including phenoxy) is 1. The maximum atomic E-state index is 6.75. The summed E-state index contributed by atoms with van der Waals surface area (Å²) in [5.74, 6) is 1.51. The van der Waals surface area contributed by atoms with E-state index in [-0.39, 0.29) is 23.4 Å². The zero-order valence-electron chi connectivity index (χ0n) is 22.5. The van der Waals surface area contributed by atoms with Gasteiger partial charge >= 0.3 is 0 Å². The quantitative estimate of drug-likeness (QED) is 0.223. The summed E-state index contributed by atoms with van der Waals surface area (Å²) >= 11 is 0. The van der Waals surface area contributed by atoms with Crippen LogP contribution in [0.25, 0.3) is 33.2 Å². The zero-order chi connectivity index (χ0) is 26.8. The van der Waals surface area contributed by atoms with Crippen molar-refractivity contribution in [3.63, 3.8) is 0 Å². The van der Waals surface area contributed by atoms with Gasteiger partial charge in [-0.05, 0) is 84.9 Å². The second kappa shape index (κ2) is 8.75. The molecule has 2 aliphatic carbocycles. The van der Waals surface area contributed by atoms with Gasteiger partial charge in [-0.3, -0.25) is 15.0 Å². The maximum absolute atomic E-state index is 6.75. The van der Waals surface area contributed by atoms with Crippen molar-refractivity contribution in [1.82, 2.24) is 15.0 Å². The predicted molar refractivity (Wildman–Crippen MR) is 158 cm³/mol. The first-order chi connectivity index (χ1) is 19.6. The van der Waals surface area contributed by atoms with Crippen LogP contribution < -0.4 is 4.74 Å². The van der Waals surface area contributed by atoms with Crippen LogP contribution >= 0.6 is 0 Å². The maximum Gasteiger partial charge on any atom is 0.157 e. The van der Waals surface area contributed by atoms with Crippen LogP contribution in [0.2, 0.25) is 0 Å². The third kappa shape index (κ3) is 3.43. The van der Waals surface area contributed by atoms with Gasteiger partial charge in [0.15, 0.2) is 5.58 Å². The molecule has 5 aromatic rings. The van der Waals surface area contributed by atoms with Crippen molar-refractivity contribution in [2.24, 2.45) is 5.92 Å². The molecule has 5 heterocycles. The molecule has 5 nitrogen and oxygen atoms in total. The molecule has 1 aromatic carbocycles. The minimum Gasteiger partial charge on any atom is -0.480 e. The molecule has 196 valence electrons. The van der Waals surface area contributed by atoms with Crippen LogP contribution in [-0.2, 0) is 0 Å². The van der Waals surface area contributed by atoms with Crippen molar-refractivity contribution in [2.75, 3.05) is 0 Å². The van der Waals surface area contributed by atoms with Gasteiger partial charge in [0.25, 0.3) is 0 Å². The van der Waals surface area contributed by atoms with Crippen LogP contribution in [0.3, 0.4) is 0 Å². The highest BCUT2D eigenvalue weighted by Crippen LogP contribution is 2.54. The van der Waals surface area contributed by atoms with E-state index in [1.54, 1.807) is 0 Å². The normalized spacial score (nSPS) is 25.3. The van der Waals surface area contributed by atoms with E-state index >= 15 is 0 Å². The SMILES string of the molecule is CC1C=C(c2ccnc3c2OC2(C)C=CCCC32)C(c2ccncc2)=CC1c1ccnc2c1oc1ccccc12. The highest BCUT2D eigenvalue weighted by molar-refractivity contribution is 6.08. The van der Waals surface area contributed by atoms with E-state index in [1.807, 2.05) is 43.0 Å². The van der Waals surface area contributed by atoms with Gasteiger partial charge in [0.05, 0.1) is 5.69 Å². The summed E-state index contributed by atoms with van der Waals surface area (Å²) < 4.78 is 13.2. The fourth-order valence-electron chi connectivity index (χ4n) is 6.90. The standard InChI is InChI=1S/C35H29N3O2/c1-21-19-28(24-13-18-38-32-29-8-5-6-14-35(29,2)40-34(24)32)27(22-10-15-36-16-11-22)20-26(21)23-12-17-37-31-25-7-3-4-9-30(25)39-33(23)31/h3-4,6-7,9-21,26,29H,5,8H2,1-2H3. The molecule has 40 heavy (non-hydrogen) atoms. The van der Waals surface area contributed by atoms with Crippen LogP contribution in [0, 0.1) is 5.92 Å². The van der Waals surface area contributed by atoms with Crippen molar-refractivity contribution < 1.29 is 9.15 Å². The summed E-state index contributed by atoms with van der Waals surface area (Å²) in [6.45, 7) is 4.47. The highest BCUT2D eigenvalue weighted by Gasteiger charge is 2.46. The summed E-state index contributed by atoms with van der Waals surface area (Å²) in [4.78, 5) is 13.8. The molecule has 1 aliphatic heterocycles. The van der Waals surface area contributed by atoms with E-state index in [2.05, 4.69) is 73.5 Å². The molecule has 0 radical (unpaired) electrons. The number of para-hydroxylation sites is 1. The fourth-order valence-corrected chi connectivity index (χ4v) is 6.90. The monoisotopic (exact) mass is 523 g/mol. The lowest BCUT2D eigenvalue weighted by atomic mass is 9.75. The van der Waals surface area contributed by atoms with Crippen molar-refractivity contribution in [2.45, 2.75) is 44.1 Å². The number of benzene rings is 1. The lowest BCUT2D eigenvalue weighted by molar-refractivity contribution is 0.132. The van der Waals surface area contributed by atoms with Gasteiger partial charge in [-0.1, -0.05) is 37.3 Å². The molecule has 0 saturated carbocycles. The third-order valence-electron chi connectivity index (χ3n) is 8.91. The number of aromatic nitrogens is 3. The lowest BCUT2D eigenvalue weighted by Crippen LogP contribution is -2.33. The summed E-state index contributed by atoms with van der Waals surface area (Å²) in [5, 5.41) is 1.05. The molecule has 0 saturated heterocycles. The number of furan rings is 1. The molecule has 5 heteroatoms. The number of fused-ring (bicyclic) bond motifs is 6. The molecule has 4 unspecified atom stereocenters. The Hall–Kier alpha value is -4.51. The smallest absolute Gasteiger partial charge is 0.157 e. The molecule has 0 amide bonds. The van der Waals surface area contributed by atoms with E-state index in [9.17, 15) is 0 Å². The lowest BCUT2D eigenvalue weighted by Gasteiger charge is -2.30. The molecule has 0 N–H and O–H groups in total. The number of rotatable bonds is 3. The molecule has 3 aliphatic rings. The topological polar surface area (TPSA) is 61.0 Å². The van der Waals surface area contributed by atoms with E-state index in [4.69, 9.17) is 19.1 Å². The second-order valence-corrected chi connectivity index (χ2v) is 11.3. The van der Waals surface area contributed by atoms with Crippen LogP contribution in [0.15, 0.2) is 102 Å². The minimum absolute atomic E-state index is 0.108. The van der Waals surface area contributed by atoms with E-state index in [1.165, 1.54) is 11.1 Å². The Bertz CT molecular complexity index is 1880. The Morgan fingerprint density at radius 1 is 0.900 bits per heavy atom. The van der Waals surface area contributed by atoms with Crippen molar-refractivity contribution in [1.29, 1.82) is 0 Å².